The SMILES string of the molecule is Cc1nc(-c2c(COc3ccccc3)cc[nH]c2=O)sc1C(=O)NCc1ccccc1. The predicted octanol–water partition coefficient (Wildman–Crippen LogP) is 4.32. The van der Waals surface area contributed by atoms with E-state index in [0.29, 0.717) is 39.0 Å². The number of thiazole rings is 1. The molecule has 0 saturated heterocycles. The quantitative estimate of drug-likeness (QED) is 0.457. The first-order chi connectivity index (χ1) is 15.1. The van der Waals surface area contributed by atoms with E-state index in [1.165, 1.54) is 11.3 Å². The van der Waals surface area contributed by atoms with Crippen molar-refractivity contribution in [3.8, 4) is 16.3 Å². The molecular formula is C24H21N3O3S. The fraction of sp³-hybridized carbons (Fsp3) is 0.125. The Hall–Kier alpha value is -3.71. The molecule has 0 spiro atoms. The number of aromatic amines is 1. The lowest BCUT2D eigenvalue weighted by molar-refractivity contribution is 0.0954. The maximum atomic E-state index is 12.7. The number of nitrogens with one attached hydrogen (secondary N) is 2. The molecule has 0 radical (unpaired) electrons. The smallest absolute Gasteiger partial charge is 0.263 e. The van der Waals surface area contributed by atoms with E-state index in [-0.39, 0.29) is 18.1 Å². The van der Waals surface area contributed by atoms with Crippen molar-refractivity contribution in [2.45, 2.75) is 20.1 Å². The van der Waals surface area contributed by atoms with Gasteiger partial charge in [-0.25, -0.2) is 4.98 Å². The fourth-order valence-corrected chi connectivity index (χ4v) is 4.18. The molecule has 0 unspecified atom stereocenters. The van der Waals surface area contributed by atoms with Crippen LogP contribution in [-0.2, 0) is 13.2 Å². The number of para-hydroxylation sites is 1. The van der Waals surface area contributed by atoms with E-state index in [0.717, 1.165) is 5.56 Å². The van der Waals surface area contributed by atoms with E-state index in [4.69, 9.17) is 4.74 Å². The van der Waals surface area contributed by atoms with Crippen molar-refractivity contribution >= 4 is 17.2 Å². The van der Waals surface area contributed by atoms with Crippen LogP contribution in [0, 0.1) is 6.92 Å². The summed E-state index contributed by atoms with van der Waals surface area (Å²) in [6, 6.07) is 20.9. The number of benzene rings is 2. The van der Waals surface area contributed by atoms with Crippen LogP contribution in [0.15, 0.2) is 77.7 Å². The number of hydrogen-bond donors (Lipinski definition) is 2. The van der Waals surface area contributed by atoms with Gasteiger partial charge in [0.1, 0.15) is 22.2 Å². The van der Waals surface area contributed by atoms with Crippen LogP contribution in [0.1, 0.15) is 26.5 Å². The summed E-state index contributed by atoms with van der Waals surface area (Å²) < 4.78 is 5.83. The second-order valence-electron chi connectivity index (χ2n) is 6.91. The molecule has 2 heterocycles. The minimum atomic E-state index is -0.265. The number of nitrogens with zero attached hydrogens (tertiary/aromatic N) is 1. The third kappa shape index (κ3) is 4.90. The Labute approximate surface area is 183 Å². The molecule has 156 valence electrons. The zero-order valence-electron chi connectivity index (χ0n) is 16.9. The molecule has 0 bridgehead atoms. The van der Waals surface area contributed by atoms with Crippen molar-refractivity contribution in [1.82, 2.24) is 15.3 Å². The Bertz CT molecular complexity index is 1230. The zero-order valence-corrected chi connectivity index (χ0v) is 17.7. The van der Waals surface area contributed by atoms with E-state index >= 15 is 0 Å². The summed E-state index contributed by atoms with van der Waals surface area (Å²) >= 11 is 1.21. The van der Waals surface area contributed by atoms with Crippen LogP contribution in [0.3, 0.4) is 0 Å². The van der Waals surface area contributed by atoms with Gasteiger partial charge >= 0.3 is 0 Å². The molecular weight excluding hydrogens is 410 g/mol. The van der Waals surface area contributed by atoms with Gasteiger partial charge in [-0.2, -0.15) is 0 Å². The summed E-state index contributed by atoms with van der Waals surface area (Å²) in [5.74, 6) is 0.504. The molecule has 0 aliphatic heterocycles. The van der Waals surface area contributed by atoms with E-state index < -0.39 is 0 Å². The number of ether oxygens (including phenoxy) is 1. The Balaban J connectivity index is 1.56. The second kappa shape index (κ2) is 9.40. The third-order valence-corrected chi connectivity index (χ3v) is 5.87. The summed E-state index contributed by atoms with van der Waals surface area (Å²) in [5.41, 5.74) is 2.47. The van der Waals surface area contributed by atoms with Crippen molar-refractivity contribution in [2.24, 2.45) is 0 Å². The molecule has 2 aromatic carbocycles. The lowest BCUT2D eigenvalue weighted by Gasteiger charge is -2.08. The van der Waals surface area contributed by atoms with Crippen LogP contribution in [0.4, 0.5) is 0 Å². The standard InChI is InChI=1S/C24H21N3O3S/c1-16-21(23(29)26-14-17-8-4-2-5-9-17)31-24(27-16)20-18(12-13-25-22(20)28)15-30-19-10-6-3-7-11-19/h2-13H,14-15H2,1H3,(H,25,28)(H,26,29). The van der Waals surface area contributed by atoms with Crippen molar-refractivity contribution in [1.29, 1.82) is 0 Å². The number of hydrogen-bond acceptors (Lipinski definition) is 5. The van der Waals surface area contributed by atoms with Crippen molar-refractivity contribution in [3.63, 3.8) is 0 Å². The number of aryl methyl sites for hydroxylation is 1. The van der Waals surface area contributed by atoms with Gasteiger partial charge in [0.15, 0.2) is 0 Å². The summed E-state index contributed by atoms with van der Waals surface area (Å²) in [6.07, 6.45) is 1.59. The van der Waals surface area contributed by atoms with Gasteiger partial charge < -0.3 is 15.0 Å². The highest BCUT2D eigenvalue weighted by Gasteiger charge is 2.20. The monoisotopic (exact) mass is 431 g/mol. The molecule has 4 aromatic rings. The average molecular weight is 432 g/mol. The van der Waals surface area contributed by atoms with Crippen LogP contribution < -0.4 is 15.6 Å². The second-order valence-corrected chi connectivity index (χ2v) is 7.91. The molecule has 0 aliphatic rings. The number of pyridine rings is 1. The van der Waals surface area contributed by atoms with Crippen LogP contribution >= 0.6 is 11.3 Å². The Morgan fingerprint density at radius 2 is 1.77 bits per heavy atom. The summed E-state index contributed by atoms with van der Waals surface area (Å²) in [4.78, 5) is 33.0. The first kappa shape index (κ1) is 20.6. The van der Waals surface area contributed by atoms with Gasteiger partial charge in [-0.1, -0.05) is 48.5 Å². The Kier molecular flexibility index (Phi) is 6.24. The molecule has 2 N–H and O–H groups in total. The Morgan fingerprint density at radius 1 is 1.06 bits per heavy atom. The van der Waals surface area contributed by atoms with E-state index in [1.54, 1.807) is 19.2 Å². The van der Waals surface area contributed by atoms with E-state index in [2.05, 4.69) is 15.3 Å². The first-order valence-corrected chi connectivity index (χ1v) is 10.6. The van der Waals surface area contributed by atoms with E-state index in [9.17, 15) is 9.59 Å². The highest BCUT2D eigenvalue weighted by atomic mass is 32.1. The van der Waals surface area contributed by atoms with Gasteiger partial charge in [-0.3, -0.25) is 9.59 Å². The van der Waals surface area contributed by atoms with Crippen LogP contribution in [0.25, 0.3) is 10.6 Å². The highest BCUT2D eigenvalue weighted by Crippen LogP contribution is 2.28. The molecule has 0 atom stereocenters. The molecule has 31 heavy (non-hydrogen) atoms. The molecule has 4 rings (SSSR count). The molecule has 0 saturated carbocycles. The topological polar surface area (TPSA) is 84.1 Å². The van der Waals surface area contributed by atoms with Gasteiger partial charge in [-0.05, 0) is 30.7 Å². The number of carbonyl (C=O) groups is 1. The third-order valence-electron chi connectivity index (χ3n) is 4.70. The summed E-state index contributed by atoms with van der Waals surface area (Å²) in [6.45, 7) is 2.42. The van der Waals surface area contributed by atoms with Crippen molar-refractivity contribution < 1.29 is 9.53 Å². The summed E-state index contributed by atoms with van der Waals surface area (Å²) in [7, 11) is 0. The minimum absolute atomic E-state index is 0.209. The largest absolute Gasteiger partial charge is 0.489 e. The van der Waals surface area contributed by atoms with Gasteiger partial charge in [-0.15, -0.1) is 11.3 Å². The lowest BCUT2D eigenvalue weighted by atomic mass is 10.1. The zero-order chi connectivity index (χ0) is 21.6. The van der Waals surface area contributed by atoms with E-state index in [1.807, 2.05) is 60.7 Å². The van der Waals surface area contributed by atoms with Gasteiger partial charge in [0.25, 0.3) is 11.5 Å². The number of aromatic nitrogens is 2. The lowest BCUT2D eigenvalue weighted by Crippen LogP contribution is -2.22. The Morgan fingerprint density at radius 3 is 2.52 bits per heavy atom. The molecule has 0 fully saturated rings. The normalized spacial score (nSPS) is 10.6. The highest BCUT2D eigenvalue weighted by molar-refractivity contribution is 7.17. The first-order valence-electron chi connectivity index (χ1n) is 9.80. The molecule has 6 nitrogen and oxygen atoms in total. The van der Waals surface area contributed by atoms with Crippen LogP contribution in [0.2, 0.25) is 0 Å². The fourth-order valence-electron chi connectivity index (χ4n) is 3.12. The van der Waals surface area contributed by atoms with Gasteiger partial charge in [0.05, 0.1) is 11.3 Å². The maximum absolute atomic E-state index is 12.7. The van der Waals surface area contributed by atoms with Crippen LogP contribution in [0.5, 0.6) is 5.75 Å². The number of amides is 1. The summed E-state index contributed by atoms with van der Waals surface area (Å²) in [5, 5.41) is 3.41. The van der Waals surface area contributed by atoms with Gasteiger partial charge in [0, 0.05) is 18.3 Å². The number of carbonyl (C=O) groups excluding carboxylic acids is 1. The van der Waals surface area contributed by atoms with Gasteiger partial charge in [0.2, 0.25) is 0 Å². The average Bonchev–Trinajstić information content (AvgIpc) is 3.18. The number of H-pyrrole nitrogens is 1. The maximum Gasteiger partial charge on any atom is 0.263 e. The van der Waals surface area contributed by atoms with Crippen molar-refractivity contribution in [2.75, 3.05) is 0 Å². The number of rotatable bonds is 7. The van der Waals surface area contributed by atoms with Crippen LogP contribution in [-0.4, -0.2) is 15.9 Å². The molecule has 2 aromatic heterocycles. The predicted molar refractivity (Wildman–Crippen MR) is 121 cm³/mol. The molecule has 1 amide bonds. The minimum Gasteiger partial charge on any atom is -0.489 e. The van der Waals surface area contributed by atoms with Crippen molar-refractivity contribution in [3.05, 3.63) is 105 Å². The molecule has 7 heteroatoms. The molecule has 0 aliphatic carbocycles.